The molecule has 0 spiro atoms. The lowest BCUT2D eigenvalue weighted by Gasteiger charge is -2.00. The Morgan fingerprint density at radius 1 is 0.941 bits per heavy atom. The lowest BCUT2D eigenvalue weighted by molar-refractivity contribution is 0.112. The highest BCUT2D eigenvalue weighted by Crippen LogP contribution is 2.42. The van der Waals surface area contributed by atoms with E-state index in [2.05, 4.69) is 17.5 Å². The topological polar surface area (TPSA) is 17.1 Å². The second-order valence-electron chi connectivity index (χ2n) is 3.47. The van der Waals surface area contributed by atoms with Gasteiger partial charge in [0.1, 0.15) is 0 Å². The number of rotatable bonds is 3. The highest BCUT2D eigenvalue weighted by molar-refractivity contribution is 7.21. The van der Waals surface area contributed by atoms with Crippen molar-refractivity contribution in [2.24, 2.45) is 0 Å². The van der Waals surface area contributed by atoms with Gasteiger partial charge in [-0.2, -0.15) is 0 Å². The molecule has 0 amide bonds. The van der Waals surface area contributed by atoms with Gasteiger partial charge in [-0.15, -0.1) is 34.0 Å². The monoisotopic (exact) mass is 276 g/mol. The molecule has 0 aromatic carbocycles. The Labute approximate surface area is 111 Å². The van der Waals surface area contributed by atoms with E-state index < -0.39 is 0 Å². The fourth-order valence-corrected chi connectivity index (χ4v) is 4.49. The van der Waals surface area contributed by atoms with Gasteiger partial charge in [0.2, 0.25) is 0 Å². The van der Waals surface area contributed by atoms with Gasteiger partial charge in [0.25, 0.3) is 0 Å². The van der Waals surface area contributed by atoms with Crippen LogP contribution in [0.4, 0.5) is 0 Å². The number of hydrogen-bond donors (Lipinski definition) is 0. The SMILES string of the molecule is O=Cc1csc(-c2cccs2)c1-c1cccs1. The van der Waals surface area contributed by atoms with Crippen molar-refractivity contribution < 1.29 is 4.79 Å². The molecule has 0 saturated heterocycles. The van der Waals surface area contributed by atoms with E-state index in [9.17, 15) is 4.79 Å². The lowest BCUT2D eigenvalue weighted by atomic mass is 10.1. The van der Waals surface area contributed by atoms with Gasteiger partial charge in [-0.25, -0.2) is 0 Å². The molecule has 1 nitrogen and oxygen atoms in total. The number of aldehydes is 1. The molecule has 0 atom stereocenters. The van der Waals surface area contributed by atoms with Crippen LogP contribution < -0.4 is 0 Å². The van der Waals surface area contributed by atoms with E-state index in [4.69, 9.17) is 0 Å². The first-order chi connectivity index (χ1) is 8.40. The van der Waals surface area contributed by atoms with Crippen LogP contribution >= 0.6 is 34.0 Å². The van der Waals surface area contributed by atoms with Gasteiger partial charge in [-0.3, -0.25) is 4.79 Å². The van der Waals surface area contributed by atoms with Crippen LogP contribution in [0.1, 0.15) is 10.4 Å². The largest absolute Gasteiger partial charge is 0.298 e. The van der Waals surface area contributed by atoms with Crippen LogP contribution in [0.5, 0.6) is 0 Å². The number of carbonyl (C=O) groups excluding carboxylic acids is 1. The van der Waals surface area contributed by atoms with Crippen molar-refractivity contribution in [2.45, 2.75) is 0 Å². The normalized spacial score (nSPS) is 10.6. The summed E-state index contributed by atoms with van der Waals surface area (Å²) in [6, 6.07) is 8.22. The first kappa shape index (κ1) is 10.9. The molecule has 84 valence electrons. The van der Waals surface area contributed by atoms with Crippen molar-refractivity contribution in [2.75, 3.05) is 0 Å². The first-order valence-corrected chi connectivity index (χ1v) is 7.68. The van der Waals surface area contributed by atoms with Gasteiger partial charge in [0, 0.05) is 26.3 Å². The Morgan fingerprint density at radius 2 is 1.65 bits per heavy atom. The molecule has 0 aliphatic carbocycles. The van der Waals surface area contributed by atoms with Crippen LogP contribution in [0.3, 0.4) is 0 Å². The fourth-order valence-electron chi connectivity index (χ4n) is 1.72. The van der Waals surface area contributed by atoms with E-state index in [0.717, 1.165) is 22.3 Å². The molecule has 0 aliphatic rings. The van der Waals surface area contributed by atoms with E-state index in [1.807, 2.05) is 22.9 Å². The van der Waals surface area contributed by atoms with Crippen LogP contribution in [0.15, 0.2) is 40.4 Å². The molecule has 4 heteroatoms. The molecule has 0 saturated carbocycles. The maximum absolute atomic E-state index is 11.1. The molecule has 0 aliphatic heterocycles. The predicted molar refractivity (Wildman–Crippen MR) is 76.3 cm³/mol. The molecule has 0 fully saturated rings. The van der Waals surface area contributed by atoms with Crippen molar-refractivity contribution in [3.8, 4) is 20.2 Å². The van der Waals surface area contributed by atoms with E-state index in [0.29, 0.717) is 0 Å². The summed E-state index contributed by atoms with van der Waals surface area (Å²) >= 11 is 5.03. The van der Waals surface area contributed by atoms with E-state index in [1.165, 1.54) is 9.75 Å². The highest BCUT2D eigenvalue weighted by Gasteiger charge is 2.16. The molecular formula is C13H8OS3. The fraction of sp³-hybridized carbons (Fsp3) is 0. The van der Waals surface area contributed by atoms with Crippen molar-refractivity contribution in [3.63, 3.8) is 0 Å². The quantitative estimate of drug-likeness (QED) is 0.614. The van der Waals surface area contributed by atoms with E-state index in [-0.39, 0.29) is 0 Å². The van der Waals surface area contributed by atoms with Crippen molar-refractivity contribution >= 4 is 40.3 Å². The standard InChI is InChI=1S/C13H8OS3/c14-7-9-8-17-13(11-4-2-6-16-11)12(9)10-3-1-5-15-10/h1-8H. The molecule has 3 rings (SSSR count). The Bertz CT molecular complexity index is 618. The van der Waals surface area contributed by atoms with Crippen molar-refractivity contribution in [1.29, 1.82) is 0 Å². The smallest absolute Gasteiger partial charge is 0.151 e. The van der Waals surface area contributed by atoms with Crippen molar-refractivity contribution in [3.05, 3.63) is 46.0 Å². The minimum absolute atomic E-state index is 0.792. The molecule has 3 aromatic heterocycles. The van der Waals surface area contributed by atoms with Gasteiger partial charge < -0.3 is 0 Å². The Kier molecular flexibility index (Phi) is 2.93. The summed E-state index contributed by atoms with van der Waals surface area (Å²) in [5, 5.41) is 6.05. The first-order valence-electron chi connectivity index (χ1n) is 5.04. The summed E-state index contributed by atoms with van der Waals surface area (Å²) in [7, 11) is 0. The molecule has 3 heterocycles. The summed E-state index contributed by atoms with van der Waals surface area (Å²) < 4.78 is 0. The summed E-state index contributed by atoms with van der Waals surface area (Å²) in [6.07, 6.45) is 0.947. The van der Waals surface area contributed by atoms with E-state index in [1.54, 1.807) is 34.0 Å². The van der Waals surface area contributed by atoms with Crippen LogP contribution in [0, 0.1) is 0 Å². The van der Waals surface area contributed by atoms with Crippen LogP contribution in [0.25, 0.3) is 20.2 Å². The third-order valence-electron chi connectivity index (χ3n) is 2.46. The number of hydrogen-bond acceptors (Lipinski definition) is 4. The van der Waals surface area contributed by atoms with Crippen LogP contribution in [-0.4, -0.2) is 6.29 Å². The zero-order chi connectivity index (χ0) is 11.7. The molecule has 0 N–H and O–H groups in total. The molecule has 17 heavy (non-hydrogen) atoms. The zero-order valence-corrected chi connectivity index (χ0v) is 11.2. The summed E-state index contributed by atoms with van der Waals surface area (Å²) in [5.74, 6) is 0. The zero-order valence-electron chi connectivity index (χ0n) is 8.75. The summed E-state index contributed by atoms with van der Waals surface area (Å²) in [6.45, 7) is 0. The number of thiophene rings is 3. The third-order valence-corrected chi connectivity index (χ3v) is 5.39. The van der Waals surface area contributed by atoms with Crippen LogP contribution in [-0.2, 0) is 0 Å². The predicted octanol–water partition coefficient (Wildman–Crippen LogP) is 5.02. The second-order valence-corrected chi connectivity index (χ2v) is 6.24. The van der Waals surface area contributed by atoms with Gasteiger partial charge in [-0.05, 0) is 22.9 Å². The van der Waals surface area contributed by atoms with Crippen LogP contribution in [0.2, 0.25) is 0 Å². The molecular weight excluding hydrogens is 268 g/mol. The Balaban J connectivity index is 2.24. The van der Waals surface area contributed by atoms with Gasteiger partial charge in [0.15, 0.2) is 6.29 Å². The average molecular weight is 276 g/mol. The lowest BCUT2D eigenvalue weighted by Crippen LogP contribution is -1.80. The molecule has 0 bridgehead atoms. The average Bonchev–Trinajstić information content (AvgIpc) is 3.09. The maximum atomic E-state index is 11.1. The highest BCUT2D eigenvalue weighted by atomic mass is 32.1. The minimum Gasteiger partial charge on any atom is -0.298 e. The molecule has 0 unspecified atom stereocenters. The molecule has 0 radical (unpaired) electrons. The second kappa shape index (κ2) is 4.56. The Morgan fingerprint density at radius 3 is 2.24 bits per heavy atom. The third kappa shape index (κ3) is 1.88. The van der Waals surface area contributed by atoms with Crippen molar-refractivity contribution in [1.82, 2.24) is 0 Å². The minimum atomic E-state index is 0.792. The van der Waals surface area contributed by atoms with E-state index >= 15 is 0 Å². The molecule has 3 aromatic rings. The maximum Gasteiger partial charge on any atom is 0.151 e. The number of carbonyl (C=O) groups is 1. The van der Waals surface area contributed by atoms with Gasteiger partial charge >= 0.3 is 0 Å². The van der Waals surface area contributed by atoms with Gasteiger partial charge in [0.05, 0.1) is 4.88 Å². The van der Waals surface area contributed by atoms with Gasteiger partial charge in [-0.1, -0.05) is 12.1 Å². The summed E-state index contributed by atoms with van der Waals surface area (Å²) in [5.41, 5.74) is 1.88. The summed E-state index contributed by atoms with van der Waals surface area (Å²) in [4.78, 5) is 14.7. The Hall–Kier alpha value is -1.23.